The van der Waals surface area contributed by atoms with Crippen LogP contribution in [0.4, 0.5) is 0 Å². The second kappa shape index (κ2) is 5.46. The molecule has 0 aliphatic rings. The Bertz CT molecular complexity index is 570. The van der Waals surface area contributed by atoms with Crippen molar-refractivity contribution in [2.45, 2.75) is 13.5 Å². The molecule has 2 rings (SSSR count). The van der Waals surface area contributed by atoms with Gasteiger partial charge in [0.25, 0.3) is 5.91 Å². The molecule has 0 saturated heterocycles. The highest BCUT2D eigenvalue weighted by Gasteiger charge is 2.15. The van der Waals surface area contributed by atoms with Gasteiger partial charge in [-0.3, -0.25) is 9.78 Å². The van der Waals surface area contributed by atoms with E-state index in [1.807, 2.05) is 6.92 Å². The first-order valence-corrected chi connectivity index (χ1v) is 6.53. The Hall–Kier alpha value is -1.46. The largest absolute Gasteiger partial charge is 0.336 e. The van der Waals surface area contributed by atoms with E-state index in [0.29, 0.717) is 17.1 Å². The van der Waals surface area contributed by atoms with Gasteiger partial charge < -0.3 is 4.90 Å². The van der Waals surface area contributed by atoms with Gasteiger partial charge in [-0.15, -0.1) is 11.3 Å². The summed E-state index contributed by atoms with van der Waals surface area (Å²) in [5.41, 5.74) is 0.468. The van der Waals surface area contributed by atoms with Crippen molar-refractivity contribution in [3.05, 3.63) is 45.1 Å². The lowest BCUT2D eigenvalue weighted by atomic mass is 10.2. The van der Waals surface area contributed by atoms with Crippen LogP contribution < -0.4 is 0 Å². The molecule has 4 nitrogen and oxygen atoms in total. The number of carbonyl (C=O) groups excluding carboxylic acids is 1. The number of amides is 1. The van der Waals surface area contributed by atoms with E-state index in [-0.39, 0.29) is 5.91 Å². The highest BCUT2D eigenvalue weighted by atomic mass is 35.5. The molecule has 0 atom stereocenters. The molecule has 2 aromatic heterocycles. The highest BCUT2D eigenvalue weighted by molar-refractivity contribution is 7.11. The topological polar surface area (TPSA) is 46.1 Å². The minimum atomic E-state index is -0.117. The fraction of sp³-hybridized carbons (Fsp3) is 0.250. The molecular weight excluding hydrogens is 270 g/mol. The molecule has 0 aliphatic heterocycles. The van der Waals surface area contributed by atoms with E-state index in [1.54, 1.807) is 41.7 Å². The first-order valence-electron chi connectivity index (χ1n) is 5.34. The Kier molecular flexibility index (Phi) is 3.93. The van der Waals surface area contributed by atoms with Gasteiger partial charge in [0.2, 0.25) is 0 Å². The molecule has 0 saturated carbocycles. The molecule has 0 unspecified atom stereocenters. The highest BCUT2D eigenvalue weighted by Crippen LogP contribution is 2.18. The summed E-state index contributed by atoms with van der Waals surface area (Å²) in [4.78, 5) is 22.9. The Labute approximate surface area is 114 Å². The van der Waals surface area contributed by atoms with Gasteiger partial charge in [-0.05, 0) is 13.0 Å². The minimum Gasteiger partial charge on any atom is -0.336 e. The summed E-state index contributed by atoms with van der Waals surface area (Å²) in [5, 5.41) is 1.36. The van der Waals surface area contributed by atoms with Crippen molar-refractivity contribution in [1.82, 2.24) is 14.9 Å². The summed E-state index contributed by atoms with van der Waals surface area (Å²) in [6.07, 6.45) is 4.82. The monoisotopic (exact) mass is 281 g/mol. The summed E-state index contributed by atoms with van der Waals surface area (Å²) in [6.45, 7) is 2.47. The molecule has 2 aromatic rings. The number of nitrogens with zero attached hydrogens (tertiary/aromatic N) is 3. The predicted molar refractivity (Wildman–Crippen MR) is 71.9 cm³/mol. The molecule has 0 aliphatic carbocycles. The molecule has 0 radical (unpaired) electrons. The van der Waals surface area contributed by atoms with Gasteiger partial charge in [-0.25, -0.2) is 4.98 Å². The average molecular weight is 282 g/mol. The smallest absolute Gasteiger partial charge is 0.255 e. The maximum absolute atomic E-state index is 12.2. The molecule has 0 fully saturated rings. The van der Waals surface area contributed by atoms with Crippen LogP contribution in [0.2, 0.25) is 5.02 Å². The van der Waals surface area contributed by atoms with Gasteiger partial charge in [-0.1, -0.05) is 11.6 Å². The molecule has 2 heterocycles. The summed E-state index contributed by atoms with van der Waals surface area (Å²) >= 11 is 7.53. The van der Waals surface area contributed by atoms with Crippen molar-refractivity contribution in [3.8, 4) is 0 Å². The molecule has 94 valence electrons. The zero-order valence-electron chi connectivity index (χ0n) is 10.1. The number of hydrogen-bond acceptors (Lipinski definition) is 4. The van der Waals surface area contributed by atoms with Crippen LogP contribution in [0.1, 0.15) is 20.2 Å². The summed E-state index contributed by atoms with van der Waals surface area (Å²) < 4.78 is 0. The van der Waals surface area contributed by atoms with Crippen LogP contribution in [0, 0.1) is 6.92 Å². The van der Waals surface area contributed by atoms with E-state index in [1.165, 1.54) is 6.20 Å². The number of aryl methyl sites for hydroxylation is 1. The van der Waals surface area contributed by atoms with Crippen LogP contribution >= 0.6 is 22.9 Å². The fourth-order valence-corrected chi connectivity index (χ4v) is 2.59. The lowest BCUT2D eigenvalue weighted by molar-refractivity contribution is 0.0786. The van der Waals surface area contributed by atoms with Crippen LogP contribution in [0.25, 0.3) is 0 Å². The number of pyridine rings is 1. The third-order valence-corrected chi connectivity index (χ3v) is 3.61. The van der Waals surface area contributed by atoms with Crippen LogP contribution in [0.3, 0.4) is 0 Å². The Morgan fingerprint density at radius 1 is 1.50 bits per heavy atom. The van der Waals surface area contributed by atoms with Gasteiger partial charge in [0.15, 0.2) is 0 Å². The van der Waals surface area contributed by atoms with Gasteiger partial charge in [0.1, 0.15) is 0 Å². The van der Waals surface area contributed by atoms with Crippen molar-refractivity contribution in [2.24, 2.45) is 0 Å². The van der Waals surface area contributed by atoms with Crippen LogP contribution in [-0.4, -0.2) is 27.8 Å². The first-order chi connectivity index (χ1) is 8.58. The van der Waals surface area contributed by atoms with Gasteiger partial charge >= 0.3 is 0 Å². The first kappa shape index (κ1) is 13.0. The van der Waals surface area contributed by atoms with Crippen molar-refractivity contribution in [3.63, 3.8) is 0 Å². The molecule has 0 spiro atoms. The van der Waals surface area contributed by atoms with E-state index < -0.39 is 0 Å². The Morgan fingerprint density at radius 2 is 2.28 bits per heavy atom. The second-order valence-electron chi connectivity index (χ2n) is 3.86. The number of hydrogen-bond donors (Lipinski definition) is 0. The predicted octanol–water partition coefficient (Wildman–Crippen LogP) is 2.77. The molecule has 18 heavy (non-hydrogen) atoms. The van der Waals surface area contributed by atoms with E-state index in [4.69, 9.17) is 11.6 Å². The van der Waals surface area contributed by atoms with E-state index in [9.17, 15) is 4.79 Å². The standard InChI is InChI=1S/C12H12ClN3OS/c1-8-15-5-9(18-8)7-16(2)12(17)10-3-4-14-6-11(10)13/h3-6H,7H2,1-2H3. The zero-order valence-corrected chi connectivity index (χ0v) is 11.6. The van der Waals surface area contributed by atoms with Gasteiger partial charge in [0, 0.05) is 30.5 Å². The molecular formula is C12H12ClN3OS. The molecule has 0 N–H and O–H groups in total. The molecule has 0 aromatic carbocycles. The second-order valence-corrected chi connectivity index (χ2v) is 5.59. The Balaban J connectivity index is 2.12. The molecule has 0 bridgehead atoms. The molecule has 1 amide bonds. The quantitative estimate of drug-likeness (QED) is 0.869. The van der Waals surface area contributed by atoms with E-state index in [2.05, 4.69) is 9.97 Å². The van der Waals surface area contributed by atoms with Crippen molar-refractivity contribution >= 4 is 28.8 Å². The zero-order chi connectivity index (χ0) is 13.1. The number of carbonyl (C=O) groups is 1. The number of thiazole rings is 1. The summed E-state index contributed by atoms with van der Waals surface area (Å²) in [6, 6.07) is 1.62. The van der Waals surface area contributed by atoms with Crippen LogP contribution in [-0.2, 0) is 6.54 Å². The van der Waals surface area contributed by atoms with E-state index in [0.717, 1.165) is 9.88 Å². The molecule has 6 heteroatoms. The normalized spacial score (nSPS) is 10.4. The summed E-state index contributed by atoms with van der Waals surface area (Å²) in [7, 11) is 1.74. The number of halogens is 1. The number of rotatable bonds is 3. The third-order valence-electron chi connectivity index (χ3n) is 2.41. The maximum atomic E-state index is 12.2. The van der Waals surface area contributed by atoms with Crippen molar-refractivity contribution in [2.75, 3.05) is 7.05 Å². The van der Waals surface area contributed by atoms with Crippen molar-refractivity contribution < 1.29 is 4.79 Å². The van der Waals surface area contributed by atoms with Gasteiger partial charge in [0.05, 0.1) is 22.1 Å². The third kappa shape index (κ3) is 2.86. The fourth-order valence-electron chi connectivity index (χ4n) is 1.54. The van der Waals surface area contributed by atoms with Crippen LogP contribution in [0.5, 0.6) is 0 Å². The SMILES string of the molecule is Cc1ncc(CN(C)C(=O)c2ccncc2Cl)s1. The van der Waals surface area contributed by atoms with E-state index >= 15 is 0 Å². The van der Waals surface area contributed by atoms with Crippen molar-refractivity contribution in [1.29, 1.82) is 0 Å². The van der Waals surface area contributed by atoms with Crippen LogP contribution in [0.15, 0.2) is 24.7 Å². The maximum Gasteiger partial charge on any atom is 0.255 e. The summed E-state index contributed by atoms with van der Waals surface area (Å²) in [5.74, 6) is -0.117. The Morgan fingerprint density at radius 3 is 2.89 bits per heavy atom. The lowest BCUT2D eigenvalue weighted by Gasteiger charge is -2.16. The van der Waals surface area contributed by atoms with Gasteiger partial charge in [-0.2, -0.15) is 0 Å². The number of aromatic nitrogens is 2. The average Bonchev–Trinajstić information content (AvgIpc) is 2.74. The minimum absolute atomic E-state index is 0.117. The lowest BCUT2D eigenvalue weighted by Crippen LogP contribution is -2.26.